The number of amides is 1. The van der Waals surface area contributed by atoms with E-state index in [1.165, 1.54) is 10.9 Å². The number of carbonyl (C=O) groups excluding carboxylic acids is 1. The normalized spacial score (nSPS) is 30.5. The van der Waals surface area contributed by atoms with Gasteiger partial charge in [-0.15, -0.1) is 0 Å². The number of hydrogen-bond acceptors (Lipinski definition) is 14. The molecule has 61 heavy (non-hydrogen) atoms. The summed E-state index contributed by atoms with van der Waals surface area (Å²) in [5, 5.41) is 2.22. The lowest BCUT2D eigenvalue weighted by Gasteiger charge is -2.38. The third-order valence-corrected chi connectivity index (χ3v) is 12.8. The first-order valence-corrected chi connectivity index (χ1v) is 21.5. The molecular formula is C34H31B2F3N10O10P2. The van der Waals surface area contributed by atoms with Crippen molar-refractivity contribution in [2.24, 2.45) is 0 Å². The summed E-state index contributed by atoms with van der Waals surface area (Å²) in [4.78, 5) is 50.8. The maximum atomic E-state index is 17.0. The minimum atomic E-state index is -4.21. The fraction of sp³-hybridized carbons (Fsp3) is 0.412. The summed E-state index contributed by atoms with van der Waals surface area (Å²) < 4.78 is 98.8. The van der Waals surface area contributed by atoms with Gasteiger partial charge in [0.25, 0.3) is 11.5 Å². The summed E-state index contributed by atoms with van der Waals surface area (Å²) in [5.74, 6) is -1.47. The van der Waals surface area contributed by atoms with Crippen LogP contribution in [0.15, 0.2) is 60.3 Å². The third kappa shape index (κ3) is 8.64. The maximum absolute atomic E-state index is 17.0. The number of rotatable bonds is 10. The molecule has 8 rings (SSSR count). The Kier molecular flexibility index (Phi) is 12.5. The number of H-pyrrole nitrogens is 1. The van der Waals surface area contributed by atoms with E-state index in [1.807, 2.05) is 0 Å². The molecule has 3 fully saturated rings. The van der Waals surface area contributed by atoms with Crippen LogP contribution in [-0.4, -0.2) is 131 Å². The molecule has 0 saturated carbocycles. The number of hydrogen-bond donors (Lipinski definition) is 2. The van der Waals surface area contributed by atoms with Crippen molar-refractivity contribution in [2.45, 2.75) is 49.2 Å². The van der Waals surface area contributed by atoms with Crippen molar-refractivity contribution in [3.8, 4) is 0 Å². The molecule has 0 spiro atoms. The Labute approximate surface area is 346 Å². The van der Waals surface area contributed by atoms with Crippen LogP contribution < -0.4 is 10.9 Å². The molecule has 10 atom stereocenters. The smallest absolute Gasteiger partial charge is 0.263 e. The summed E-state index contributed by atoms with van der Waals surface area (Å²) in [6.07, 6.45) is -9.63. The first-order valence-electron chi connectivity index (χ1n) is 18.3. The molecular weight excluding hydrogens is 849 g/mol. The van der Waals surface area contributed by atoms with Gasteiger partial charge in [-0.25, -0.2) is 73.4 Å². The van der Waals surface area contributed by atoms with Crippen molar-refractivity contribution in [1.82, 2.24) is 34.1 Å². The van der Waals surface area contributed by atoms with Crippen molar-refractivity contribution < 1.29 is 54.6 Å². The van der Waals surface area contributed by atoms with E-state index in [0.29, 0.717) is 5.56 Å². The molecule has 3 saturated heterocycles. The highest BCUT2D eigenvalue weighted by atomic mass is 31.2. The SMILES string of the molecule is [B-][P+]1(OCC[N+]#[C-])OC[C@H]2O[C@@H](n3cc(F)c4c(=O)[nH]cnc43)[C@@H](F)C2O[P+]([B-])(OCC[N+]#[C-])OC[C@H]2O[C@@H](n3cnc4c(NC(=O)c5ccccc5)ncnc43)[C@@H](F)C2O1. The first kappa shape index (κ1) is 42.8. The summed E-state index contributed by atoms with van der Waals surface area (Å²) in [5.41, 5.74) is -0.591. The van der Waals surface area contributed by atoms with Gasteiger partial charge in [0.15, 0.2) is 78.7 Å². The molecule has 7 heterocycles. The Morgan fingerprint density at radius 1 is 0.902 bits per heavy atom. The van der Waals surface area contributed by atoms with Crippen LogP contribution in [0.1, 0.15) is 22.8 Å². The molecule has 5 aromatic rings. The van der Waals surface area contributed by atoms with Gasteiger partial charge in [0, 0.05) is 11.8 Å². The van der Waals surface area contributed by atoms with Crippen LogP contribution in [0.5, 0.6) is 0 Å². The number of alkyl halides is 2. The number of benzene rings is 1. The molecule has 27 heteroatoms. The molecule has 1 aromatic carbocycles. The lowest BCUT2D eigenvalue weighted by molar-refractivity contribution is -0.0624. The van der Waals surface area contributed by atoms with E-state index in [4.69, 9.17) is 64.9 Å². The summed E-state index contributed by atoms with van der Waals surface area (Å²) >= 11 is 0. The van der Waals surface area contributed by atoms with Gasteiger partial charge in [0.05, 0.1) is 12.7 Å². The Bertz CT molecular complexity index is 2560. The van der Waals surface area contributed by atoms with Gasteiger partial charge in [0.2, 0.25) is 13.1 Å². The molecule has 4 unspecified atom stereocenters. The van der Waals surface area contributed by atoms with Crippen molar-refractivity contribution in [2.75, 3.05) is 44.8 Å². The number of carbonyl (C=O) groups is 1. The van der Waals surface area contributed by atoms with Gasteiger partial charge in [-0.2, -0.15) is 15.1 Å². The van der Waals surface area contributed by atoms with Crippen LogP contribution in [0.4, 0.5) is 19.0 Å². The quantitative estimate of drug-likeness (QED) is 0.0887. The largest absolute Gasteiger partial charge is 0.346 e. The standard InChI is InChI=1S/C34H29B2F3N10O10P2/c1-40-8-10-52-60(35)55-14-21-27(24(39)34(57-21)49-17-46-25-28(42-15-44-30(25)49)47-31(50)18-6-4-3-5-7-18)59-61(36,53-11-9-41-2)54-13-20-26(58-60)23(38)33(56-20)48-12-19(37)22-29(48)43-16-45-32(22)51/h3-7,12,15-17,20-21,23-24,26-27,33-34H,8-11,13-14H2/q-2/p+2/t20-,21-,23+,24+,26?,27?,33-,34-,60?,61?/m1/s1. The zero-order valence-electron chi connectivity index (χ0n) is 31.4. The fourth-order valence-electron chi connectivity index (χ4n) is 6.82. The van der Waals surface area contributed by atoms with Crippen LogP contribution in [0, 0.1) is 19.0 Å². The van der Waals surface area contributed by atoms with Gasteiger partial charge >= 0.3 is 0 Å². The van der Waals surface area contributed by atoms with E-state index in [1.54, 1.807) is 30.3 Å². The number of nitrogens with one attached hydrogen (secondary N) is 2. The number of ether oxygens (including phenoxy) is 2. The second-order valence-electron chi connectivity index (χ2n) is 13.4. The summed E-state index contributed by atoms with van der Waals surface area (Å²) in [6.45, 7) is 12.0. The van der Waals surface area contributed by atoms with Gasteiger partial charge in [-0.3, -0.25) is 18.7 Å². The lowest BCUT2D eigenvalue weighted by Crippen LogP contribution is -2.39. The predicted octanol–water partition coefficient (Wildman–Crippen LogP) is 3.81. The van der Waals surface area contributed by atoms with E-state index < -0.39 is 101 Å². The topological polar surface area (TPSA) is 206 Å². The van der Waals surface area contributed by atoms with E-state index in [0.717, 1.165) is 23.4 Å². The number of nitrogens with zero attached hydrogens (tertiary/aromatic N) is 8. The molecule has 0 bridgehead atoms. The Balaban J connectivity index is 1.11. The second-order valence-corrected chi connectivity index (χ2v) is 17.1. The number of imidazole rings is 1. The number of anilines is 1. The molecule has 4 aromatic heterocycles. The van der Waals surface area contributed by atoms with E-state index in [2.05, 4.69) is 39.9 Å². The van der Waals surface area contributed by atoms with Crippen LogP contribution in [0.3, 0.4) is 0 Å². The predicted molar refractivity (Wildman–Crippen MR) is 209 cm³/mol. The zero-order valence-corrected chi connectivity index (χ0v) is 33.2. The molecule has 0 aliphatic carbocycles. The van der Waals surface area contributed by atoms with Crippen molar-refractivity contribution in [3.63, 3.8) is 0 Å². The van der Waals surface area contributed by atoms with Gasteiger partial charge in [-0.1, -0.05) is 18.2 Å². The van der Waals surface area contributed by atoms with Gasteiger partial charge in [-0.05, 0) is 12.1 Å². The highest BCUT2D eigenvalue weighted by Gasteiger charge is 2.56. The summed E-state index contributed by atoms with van der Waals surface area (Å²) in [7, 11) is 4.77. The molecule has 20 nitrogen and oxygen atoms in total. The van der Waals surface area contributed by atoms with E-state index in [-0.39, 0.29) is 48.9 Å². The summed E-state index contributed by atoms with van der Waals surface area (Å²) in [6, 6.07) is 8.33. The molecule has 2 N–H and O–H groups in total. The van der Waals surface area contributed by atoms with E-state index in [9.17, 15) is 9.59 Å². The van der Waals surface area contributed by atoms with Crippen molar-refractivity contribution in [3.05, 3.63) is 100 Å². The number of halogens is 3. The van der Waals surface area contributed by atoms with Crippen LogP contribution in [0.2, 0.25) is 0 Å². The minimum Gasteiger partial charge on any atom is -0.346 e. The average molecular weight is 880 g/mol. The zero-order chi connectivity index (χ0) is 42.9. The molecule has 1 amide bonds. The van der Waals surface area contributed by atoms with Crippen molar-refractivity contribution >= 4 is 64.7 Å². The Morgan fingerprint density at radius 2 is 1.51 bits per heavy atom. The maximum Gasteiger partial charge on any atom is 0.263 e. The van der Waals surface area contributed by atoms with Gasteiger partial charge in [0.1, 0.15) is 52.8 Å². The van der Waals surface area contributed by atoms with Crippen molar-refractivity contribution in [1.29, 1.82) is 0 Å². The lowest BCUT2D eigenvalue weighted by atomic mass is 10.1. The highest BCUT2D eigenvalue weighted by molar-refractivity contribution is 7.86. The molecule has 3 aliphatic rings. The monoisotopic (exact) mass is 880 g/mol. The van der Waals surface area contributed by atoms with E-state index >= 15 is 13.2 Å². The molecule has 314 valence electrons. The number of aromatic nitrogens is 7. The van der Waals surface area contributed by atoms with Crippen LogP contribution in [-0.2, 0) is 36.6 Å². The Morgan fingerprint density at radius 3 is 2.11 bits per heavy atom. The number of aromatic amines is 1. The first-order chi connectivity index (χ1) is 29.4. The van der Waals surface area contributed by atoms with Crippen LogP contribution in [0.25, 0.3) is 31.9 Å². The Hall–Kier alpha value is -4.90. The third-order valence-electron chi connectivity index (χ3n) is 9.60. The second kappa shape index (κ2) is 17.8. The number of fused-ring (bicyclic) bond motifs is 4. The molecule has 3 aliphatic heterocycles. The van der Waals surface area contributed by atoms with Crippen LogP contribution >= 0.6 is 15.6 Å². The fourth-order valence-corrected chi connectivity index (χ4v) is 9.77. The van der Waals surface area contributed by atoms with Gasteiger partial charge < -0.3 is 29.5 Å². The average Bonchev–Trinajstić information content (AvgIpc) is 3.99. The molecule has 6 radical (unpaired) electrons. The highest BCUT2D eigenvalue weighted by Crippen LogP contribution is 2.64. The minimum absolute atomic E-state index is 0.0261.